The largest absolute Gasteiger partial charge is 0.261 e. The Kier molecular flexibility index (Phi) is 1.23. The van der Waals surface area contributed by atoms with E-state index in [0.717, 1.165) is 27.6 Å². The van der Waals surface area contributed by atoms with Gasteiger partial charge in [-0.25, -0.2) is 14.5 Å². The number of nitrogens with zero attached hydrogens (tertiary/aromatic N) is 5. The number of aromatic nitrogens is 6. The second kappa shape index (κ2) is 2.54. The predicted octanol–water partition coefficient (Wildman–Crippen LogP) is 1.15. The van der Waals surface area contributed by atoms with E-state index in [2.05, 4.69) is 25.3 Å². The molecule has 0 saturated heterocycles. The van der Waals surface area contributed by atoms with Gasteiger partial charge in [0.25, 0.3) is 0 Å². The van der Waals surface area contributed by atoms with E-state index in [-0.39, 0.29) is 0 Å². The Morgan fingerprint density at radius 1 is 1.12 bits per heavy atom. The van der Waals surface area contributed by atoms with Gasteiger partial charge in [0.1, 0.15) is 0 Å². The topological polar surface area (TPSA) is 71.8 Å². The average Bonchev–Trinajstić information content (AvgIpc) is 2.96. The van der Waals surface area contributed by atoms with Crippen molar-refractivity contribution >= 4 is 27.6 Å². The van der Waals surface area contributed by atoms with Gasteiger partial charge in [-0.2, -0.15) is 10.2 Å². The molecule has 4 rings (SSSR count). The molecule has 0 fully saturated rings. The number of nitrogens with one attached hydrogen (secondary N) is 1. The Morgan fingerprint density at radius 2 is 2.06 bits per heavy atom. The van der Waals surface area contributed by atoms with Crippen molar-refractivity contribution in [2.75, 3.05) is 0 Å². The molecule has 4 aromatic rings. The van der Waals surface area contributed by atoms with Gasteiger partial charge in [0, 0.05) is 23.8 Å². The van der Waals surface area contributed by atoms with Crippen molar-refractivity contribution in [2.45, 2.75) is 0 Å². The lowest BCUT2D eigenvalue weighted by Crippen LogP contribution is -1.93. The second-order valence-electron chi connectivity index (χ2n) is 3.55. The Morgan fingerprint density at radius 3 is 3.06 bits per heavy atom. The third-order valence-corrected chi connectivity index (χ3v) is 2.65. The summed E-state index contributed by atoms with van der Waals surface area (Å²) in [6, 6.07) is 1.87. The van der Waals surface area contributed by atoms with Gasteiger partial charge in [-0.1, -0.05) is 0 Å². The van der Waals surface area contributed by atoms with Crippen LogP contribution in [0.4, 0.5) is 0 Å². The van der Waals surface area contributed by atoms with E-state index in [1.807, 2.05) is 6.07 Å². The van der Waals surface area contributed by atoms with Crippen molar-refractivity contribution in [2.24, 2.45) is 0 Å². The number of aromatic amines is 1. The predicted molar refractivity (Wildman–Crippen MR) is 57.9 cm³/mol. The second-order valence-corrected chi connectivity index (χ2v) is 3.55. The minimum absolute atomic E-state index is 0.760. The normalized spacial score (nSPS) is 11.8. The molecule has 4 heterocycles. The Balaban J connectivity index is 2.44. The summed E-state index contributed by atoms with van der Waals surface area (Å²) < 4.78 is 1.80. The highest BCUT2D eigenvalue weighted by atomic mass is 15.2. The van der Waals surface area contributed by atoms with Crippen LogP contribution in [0.25, 0.3) is 27.6 Å². The molecule has 0 atom stereocenters. The molecule has 0 unspecified atom stereocenters. The molecule has 4 aromatic heterocycles. The SMILES string of the molecule is c1cc2ncc3cnc4[nH]ncc4c3n2n1. The van der Waals surface area contributed by atoms with Crippen LogP contribution in [0.2, 0.25) is 0 Å². The van der Waals surface area contributed by atoms with Crippen LogP contribution in [0.15, 0.2) is 30.9 Å². The maximum atomic E-state index is 4.29. The summed E-state index contributed by atoms with van der Waals surface area (Å²) in [5.74, 6) is 0. The maximum Gasteiger partial charge on any atom is 0.157 e. The zero-order chi connectivity index (χ0) is 10.5. The molecule has 0 aliphatic heterocycles. The van der Waals surface area contributed by atoms with Crippen LogP contribution in [0, 0.1) is 0 Å². The zero-order valence-corrected chi connectivity index (χ0v) is 8.12. The molecule has 0 saturated carbocycles. The molecule has 1 N–H and O–H groups in total. The number of hydrogen-bond acceptors (Lipinski definition) is 4. The highest BCUT2D eigenvalue weighted by molar-refractivity contribution is 6.01. The summed E-state index contributed by atoms with van der Waals surface area (Å²) in [5.41, 5.74) is 2.56. The van der Waals surface area contributed by atoms with Gasteiger partial charge >= 0.3 is 0 Å². The van der Waals surface area contributed by atoms with E-state index in [0.29, 0.717) is 0 Å². The van der Waals surface area contributed by atoms with Gasteiger partial charge in [-0.15, -0.1) is 0 Å². The molecule has 16 heavy (non-hydrogen) atoms. The van der Waals surface area contributed by atoms with Crippen LogP contribution in [0.5, 0.6) is 0 Å². The highest BCUT2D eigenvalue weighted by Gasteiger charge is 2.08. The Hall–Kier alpha value is -2.50. The molecule has 0 aromatic carbocycles. The minimum Gasteiger partial charge on any atom is -0.261 e. The van der Waals surface area contributed by atoms with Crippen molar-refractivity contribution in [1.29, 1.82) is 0 Å². The molecule has 0 aliphatic carbocycles. The van der Waals surface area contributed by atoms with E-state index >= 15 is 0 Å². The summed E-state index contributed by atoms with van der Waals surface area (Å²) in [4.78, 5) is 8.55. The maximum absolute atomic E-state index is 4.29. The van der Waals surface area contributed by atoms with Gasteiger partial charge in [-0.3, -0.25) is 5.10 Å². The third kappa shape index (κ3) is 0.813. The van der Waals surface area contributed by atoms with Crippen molar-refractivity contribution in [1.82, 2.24) is 29.8 Å². The lowest BCUT2D eigenvalue weighted by Gasteiger charge is -2.00. The van der Waals surface area contributed by atoms with Crippen molar-refractivity contribution in [3.05, 3.63) is 30.9 Å². The summed E-state index contributed by atoms with van der Waals surface area (Å²) in [7, 11) is 0. The minimum atomic E-state index is 0.760. The van der Waals surface area contributed by atoms with Gasteiger partial charge in [0.15, 0.2) is 11.3 Å². The first-order chi connectivity index (χ1) is 7.93. The van der Waals surface area contributed by atoms with Crippen LogP contribution < -0.4 is 0 Å². The molecule has 0 bridgehead atoms. The fraction of sp³-hybridized carbons (Fsp3) is 0. The van der Waals surface area contributed by atoms with Crippen molar-refractivity contribution in [3.8, 4) is 0 Å². The van der Waals surface area contributed by atoms with E-state index in [4.69, 9.17) is 0 Å². The van der Waals surface area contributed by atoms with E-state index < -0.39 is 0 Å². The van der Waals surface area contributed by atoms with E-state index in [1.54, 1.807) is 29.3 Å². The van der Waals surface area contributed by atoms with E-state index in [9.17, 15) is 0 Å². The molecule has 76 valence electrons. The third-order valence-electron chi connectivity index (χ3n) is 2.65. The van der Waals surface area contributed by atoms with Crippen LogP contribution in [0.3, 0.4) is 0 Å². The van der Waals surface area contributed by atoms with Gasteiger partial charge in [0.05, 0.1) is 23.3 Å². The van der Waals surface area contributed by atoms with Crippen LogP contribution >= 0.6 is 0 Å². The van der Waals surface area contributed by atoms with Crippen molar-refractivity contribution in [3.63, 3.8) is 0 Å². The first-order valence-corrected chi connectivity index (χ1v) is 4.84. The lowest BCUT2D eigenvalue weighted by atomic mass is 10.2. The molecular formula is C10H6N6. The zero-order valence-electron chi connectivity index (χ0n) is 8.12. The Labute approximate surface area is 88.9 Å². The molecule has 0 spiro atoms. The number of hydrogen-bond donors (Lipinski definition) is 1. The Bertz CT molecular complexity index is 746. The number of H-pyrrole nitrogens is 1. The van der Waals surface area contributed by atoms with Crippen LogP contribution in [-0.4, -0.2) is 29.8 Å². The summed E-state index contributed by atoms with van der Waals surface area (Å²) >= 11 is 0. The summed E-state index contributed by atoms with van der Waals surface area (Å²) in [6.07, 6.45) is 7.05. The summed E-state index contributed by atoms with van der Waals surface area (Å²) in [5, 5.41) is 13.0. The quantitative estimate of drug-likeness (QED) is 0.472. The number of pyridine rings is 1. The molecule has 6 heteroatoms. The monoisotopic (exact) mass is 210 g/mol. The van der Waals surface area contributed by atoms with Crippen LogP contribution in [0.1, 0.15) is 0 Å². The highest BCUT2D eigenvalue weighted by Crippen LogP contribution is 2.21. The standard InChI is InChI=1S/C10H6N6/c1-2-14-16-8(1)11-3-6-4-12-10-7(9(6)16)5-13-15-10/h1-5H,(H,12,13,15). The first-order valence-electron chi connectivity index (χ1n) is 4.84. The molecular weight excluding hydrogens is 204 g/mol. The molecule has 6 nitrogen and oxygen atoms in total. The molecule has 0 aliphatic rings. The van der Waals surface area contributed by atoms with Crippen molar-refractivity contribution < 1.29 is 0 Å². The van der Waals surface area contributed by atoms with E-state index in [1.165, 1.54) is 0 Å². The van der Waals surface area contributed by atoms with Gasteiger partial charge in [0.2, 0.25) is 0 Å². The number of rotatable bonds is 0. The van der Waals surface area contributed by atoms with Gasteiger partial charge in [-0.05, 0) is 0 Å². The molecule has 0 radical (unpaired) electrons. The fourth-order valence-electron chi connectivity index (χ4n) is 1.93. The lowest BCUT2D eigenvalue weighted by molar-refractivity contribution is 0.986. The summed E-state index contributed by atoms with van der Waals surface area (Å²) in [6.45, 7) is 0. The number of fused-ring (bicyclic) bond motifs is 5. The smallest absolute Gasteiger partial charge is 0.157 e. The first kappa shape index (κ1) is 7.75. The average molecular weight is 210 g/mol. The van der Waals surface area contributed by atoms with Crippen LogP contribution in [-0.2, 0) is 0 Å². The fourth-order valence-corrected chi connectivity index (χ4v) is 1.93. The van der Waals surface area contributed by atoms with Gasteiger partial charge < -0.3 is 0 Å². The molecule has 0 amide bonds.